The molecule has 0 spiro atoms. The molecule has 0 fully saturated rings. The minimum atomic E-state index is -0.489. The van der Waals surface area contributed by atoms with E-state index in [-0.39, 0.29) is 0 Å². The normalized spacial score (nSPS) is 12.7. The van der Waals surface area contributed by atoms with E-state index in [1.165, 1.54) is 5.56 Å². The zero-order valence-corrected chi connectivity index (χ0v) is 9.71. The fraction of sp³-hybridized carbons (Fsp3) is 0.231. The first-order valence-electron chi connectivity index (χ1n) is 4.96. The molecule has 0 amide bonds. The number of hydrogen-bond donors (Lipinski definition) is 1. The van der Waals surface area contributed by atoms with Crippen molar-refractivity contribution in [3.8, 4) is 0 Å². The molecule has 1 aromatic carbocycles. The zero-order chi connectivity index (χ0) is 10.8. The van der Waals surface area contributed by atoms with Gasteiger partial charge in [-0.3, -0.25) is 0 Å². The average molecular weight is 218 g/mol. The second-order valence-electron chi connectivity index (χ2n) is 3.82. The van der Waals surface area contributed by atoms with Crippen LogP contribution in [0.25, 0.3) is 0 Å². The molecule has 0 aliphatic rings. The predicted molar refractivity (Wildman–Crippen MR) is 64.3 cm³/mol. The van der Waals surface area contributed by atoms with Crippen molar-refractivity contribution >= 4 is 11.3 Å². The molecule has 0 aliphatic carbocycles. The van der Waals surface area contributed by atoms with Gasteiger partial charge in [-0.2, -0.15) is 11.3 Å². The van der Waals surface area contributed by atoms with E-state index in [2.05, 4.69) is 13.0 Å². The van der Waals surface area contributed by atoms with E-state index in [4.69, 9.17) is 0 Å². The van der Waals surface area contributed by atoms with Crippen LogP contribution < -0.4 is 0 Å². The lowest BCUT2D eigenvalue weighted by Crippen LogP contribution is -2.00. The first kappa shape index (κ1) is 10.4. The van der Waals surface area contributed by atoms with E-state index in [0.717, 1.165) is 16.7 Å². The first-order chi connectivity index (χ1) is 7.18. The maximum absolute atomic E-state index is 10.2. The van der Waals surface area contributed by atoms with Crippen molar-refractivity contribution in [2.75, 3.05) is 0 Å². The van der Waals surface area contributed by atoms with Gasteiger partial charge in [0.1, 0.15) is 6.10 Å². The molecule has 0 bridgehead atoms. The molecule has 78 valence electrons. The van der Waals surface area contributed by atoms with Gasteiger partial charge in [0.2, 0.25) is 0 Å². The third kappa shape index (κ3) is 2.11. The Hall–Kier alpha value is -1.12. The topological polar surface area (TPSA) is 20.2 Å². The van der Waals surface area contributed by atoms with E-state index >= 15 is 0 Å². The molecule has 1 nitrogen and oxygen atoms in total. The van der Waals surface area contributed by atoms with Crippen LogP contribution in [0.2, 0.25) is 0 Å². The van der Waals surface area contributed by atoms with E-state index in [0.29, 0.717) is 0 Å². The molecular formula is C13H14OS. The van der Waals surface area contributed by atoms with Crippen molar-refractivity contribution in [3.63, 3.8) is 0 Å². The summed E-state index contributed by atoms with van der Waals surface area (Å²) in [5, 5.41) is 14.1. The van der Waals surface area contributed by atoms with E-state index < -0.39 is 6.10 Å². The number of rotatable bonds is 2. The number of aliphatic hydroxyl groups excluding tert-OH is 1. The van der Waals surface area contributed by atoms with Crippen LogP contribution in [0.4, 0.5) is 0 Å². The quantitative estimate of drug-likeness (QED) is 0.818. The van der Waals surface area contributed by atoms with E-state index in [9.17, 15) is 5.11 Å². The van der Waals surface area contributed by atoms with Gasteiger partial charge in [-0.25, -0.2) is 0 Å². The Kier molecular flexibility index (Phi) is 2.89. The number of benzene rings is 1. The Labute approximate surface area is 94.0 Å². The molecule has 1 atom stereocenters. The highest BCUT2D eigenvalue weighted by Gasteiger charge is 2.12. The highest BCUT2D eigenvalue weighted by molar-refractivity contribution is 7.07. The summed E-state index contributed by atoms with van der Waals surface area (Å²) in [6.45, 7) is 4.10. The van der Waals surface area contributed by atoms with Crippen LogP contribution in [-0.4, -0.2) is 5.11 Å². The Morgan fingerprint density at radius 1 is 1.20 bits per heavy atom. The molecule has 2 rings (SSSR count). The molecule has 1 N–H and O–H groups in total. The van der Waals surface area contributed by atoms with Crippen LogP contribution in [0.15, 0.2) is 35.0 Å². The number of aryl methyl sites for hydroxylation is 2. The molecule has 0 aliphatic heterocycles. The fourth-order valence-electron chi connectivity index (χ4n) is 1.74. The molecule has 1 unspecified atom stereocenters. The predicted octanol–water partition coefficient (Wildman–Crippen LogP) is 3.45. The lowest BCUT2D eigenvalue weighted by atomic mass is 9.98. The standard InChI is InChI=1S/C13H14OS/c1-9-3-4-12(10(2)7-9)13(14)11-5-6-15-8-11/h3-8,13-14H,1-2H3. The summed E-state index contributed by atoms with van der Waals surface area (Å²) in [7, 11) is 0. The molecule has 1 aromatic heterocycles. The van der Waals surface area contributed by atoms with Crippen molar-refractivity contribution in [2.45, 2.75) is 20.0 Å². The maximum atomic E-state index is 10.2. The zero-order valence-electron chi connectivity index (χ0n) is 8.90. The second-order valence-corrected chi connectivity index (χ2v) is 4.60. The lowest BCUT2D eigenvalue weighted by molar-refractivity contribution is 0.220. The van der Waals surface area contributed by atoms with Crippen molar-refractivity contribution in [1.82, 2.24) is 0 Å². The largest absolute Gasteiger partial charge is 0.384 e. The molecule has 2 aromatic rings. The monoisotopic (exact) mass is 218 g/mol. The van der Waals surface area contributed by atoms with Crippen LogP contribution in [0.1, 0.15) is 28.4 Å². The van der Waals surface area contributed by atoms with E-state index in [1.54, 1.807) is 11.3 Å². The molecular weight excluding hydrogens is 204 g/mol. The van der Waals surface area contributed by atoms with Crippen LogP contribution in [0, 0.1) is 13.8 Å². The van der Waals surface area contributed by atoms with Crippen LogP contribution in [-0.2, 0) is 0 Å². The summed E-state index contributed by atoms with van der Waals surface area (Å²) < 4.78 is 0. The van der Waals surface area contributed by atoms with Crippen molar-refractivity contribution < 1.29 is 5.11 Å². The van der Waals surface area contributed by atoms with Crippen LogP contribution >= 0.6 is 11.3 Å². The maximum Gasteiger partial charge on any atom is 0.105 e. The Balaban J connectivity index is 2.38. The molecule has 1 heterocycles. The van der Waals surface area contributed by atoms with Crippen molar-refractivity contribution in [3.05, 3.63) is 57.3 Å². The van der Waals surface area contributed by atoms with E-state index in [1.807, 2.05) is 35.9 Å². The first-order valence-corrected chi connectivity index (χ1v) is 5.90. The molecule has 0 saturated heterocycles. The van der Waals surface area contributed by atoms with Gasteiger partial charge >= 0.3 is 0 Å². The van der Waals surface area contributed by atoms with Crippen molar-refractivity contribution in [2.24, 2.45) is 0 Å². The Morgan fingerprint density at radius 2 is 2.00 bits per heavy atom. The summed E-state index contributed by atoms with van der Waals surface area (Å²) in [5.74, 6) is 0. The van der Waals surface area contributed by atoms with Gasteiger partial charge in [0.25, 0.3) is 0 Å². The van der Waals surface area contributed by atoms with Gasteiger partial charge in [-0.05, 0) is 47.4 Å². The number of hydrogen-bond acceptors (Lipinski definition) is 2. The Bertz CT molecular complexity index is 446. The van der Waals surface area contributed by atoms with Gasteiger partial charge < -0.3 is 5.11 Å². The molecule has 0 radical (unpaired) electrons. The SMILES string of the molecule is Cc1ccc(C(O)c2ccsc2)c(C)c1. The molecule has 2 heteroatoms. The number of thiophene rings is 1. The second kappa shape index (κ2) is 4.17. The molecule has 0 saturated carbocycles. The van der Waals surface area contributed by atoms with Gasteiger partial charge in [-0.15, -0.1) is 0 Å². The van der Waals surface area contributed by atoms with Gasteiger partial charge in [0.05, 0.1) is 0 Å². The van der Waals surface area contributed by atoms with Gasteiger partial charge in [0.15, 0.2) is 0 Å². The van der Waals surface area contributed by atoms with Crippen LogP contribution in [0.3, 0.4) is 0 Å². The number of aliphatic hydroxyl groups is 1. The third-order valence-electron chi connectivity index (χ3n) is 2.58. The summed E-state index contributed by atoms with van der Waals surface area (Å²) >= 11 is 1.61. The fourth-order valence-corrected chi connectivity index (χ4v) is 2.42. The lowest BCUT2D eigenvalue weighted by Gasteiger charge is -2.12. The average Bonchev–Trinajstić information content (AvgIpc) is 2.69. The smallest absolute Gasteiger partial charge is 0.105 e. The minimum absolute atomic E-state index is 0.489. The van der Waals surface area contributed by atoms with Gasteiger partial charge in [-0.1, -0.05) is 23.8 Å². The summed E-state index contributed by atoms with van der Waals surface area (Å²) in [6.07, 6.45) is -0.489. The highest BCUT2D eigenvalue weighted by atomic mass is 32.1. The van der Waals surface area contributed by atoms with Gasteiger partial charge in [0, 0.05) is 0 Å². The van der Waals surface area contributed by atoms with Crippen LogP contribution in [0.5, 0.6) is 0 Å². The molecule has 15 heavy (non-hydrogen) atoms. The summed E-state index contributed by atoms with van der Waals surface area (Å²) in [5.41, 5.74) is 4.36. The summed E-state index contributed by atoms with van der Waals surface area (Å²) in [4.78, 5) is 0. The van der Waals surface area contributed by atoms with Crippen molar-refractivity contribution in [1.29, 1.82) is 0 Å². The third-order valence-corrected chi connectivity index (χ3v) is 3.28. The summed E-state index contributed by atoms with van der Waals surface area (Å²) in [6, 6.07) is 8.12. The highest BCUT2D eigenvalue weighted by Crippen LogP contribution is 2.26. The Morgan fingerprint density at radius 3 is 2.60 bits per heavy atom. The minimum Gasteiger partial charge on any atom is -0.384 e.